The molecule has 0 saturated carbocycles. The molecule has 0 aromatic carbocycles. The summed E-state index contributed by atoms with van der Waals surface area (Å²) in [6, 6.07) is 0. The van der Waals surface area contributed by atoms with E-state index < -0.39 is 0 Å². The Morgan fingerprint density at radius 3 is 1.80 bits per heavy atom. The number of methoxy groups -OCH3 is 1. The zero-order valence-electron chi connectivity index (χ0n) is 11.4. The molecule has 0 heterocycles. The summed E-state index contributed by atoms with van der Waals surface area (Å²) in [4.78, 5) is 0. The molecule has 92 valence electrons. The maximum Gasteiger partial charge on any atom is 0.0531 e. The molecule has 0 atom stereocenters. The van der Waals surface area contributed by atoms with Crippen LogP contribution in [0.3, 0.4) is 0 Å². The summed E-state index contributed by atoms with van der Waals surface area (Å²) in [6.07, 6.45) is 2.47. The third-order valence-electron chi connectivity index (χ3n) is 2.68. The molecule has 2 heteroatoms. The second-order valence-corrected chi connectivity index (χ2v) is 5.66. The van der Waals surface area contributed by atoms with Gasteiger partial charge in [-0.05, 0) is 31.7 Å². The van der Waals surface area contributed by atoms with E-state index in [2.05, 4.69) is 33.0 Å². The predicted molar refractivity (Wildman–Crippen MR) is 67.1 cm³/mol. The Morgan fingerprint density at radius 2 is 1.53 bits per heavy atom. The Bertz CT molecular complexity index is 137. The van der Waals surface area contributed by atoms with Gasteiger partial charge in [0.25, 0.3) is 0 Å². The summed E-state index contributed by atoms with van der Waals surface area (Å²) in [5, 5.41) is 3.32. The Morgan fingerprint density at radius 1 is 1.07 bits per heavy atom. The normalized spacial score (nSPS) is 12.8. The minimum absolute atomic E-state index is 0.311. The molecule has 0 bridgehead atoms. The lowest BCUT2D eigenvalue weighted by molar-refractivity contribution is 0.0464. The highest BCUT2D eigenvalue weighted by molar-refractivity contribution is 4.83. The average Bonchev–Trinajstić information content (AvgIpc) is 2.01. The van der Waals surface area contributed by atoms with Crippen LogP contribution in [0, 0.1) is 17.3 Å². The predicted octanol–water partition coefficient (Wildman–Crippen LogP) is 2.93. The Balaban J connectivity index is 4.55. The molecular weight excluding hydrogens is 186 g/mol. The minimum Gasteiger partial charge on any atom is -0.384 e. The second kappa shape index (κ2) is 7.24. The zero-order valence-corrected chi connectivity index (χ0v) is 11.4. The monoisotopic (exact) mass is 215 g/mol. The van der Waals surface area contributed by atoms with Crippen molar-refractivity contribution in [2.75, 3.05) is 27.3 Å². The molecule has 0 aliphatic rings. The molecule has 0 aliphatic heterocycles. The van der Waals surface area contributed by atoms with Crippen molar-refractivity contribution in [2.45, 2.75) is 40.5 Å². The summed E-state index contributed by atoms with van der Waals surface area (Å²) < 4.78 is 5.42. The Hall–Kier alpha value is -0.0800. The van der Waals surface area contributed by atoms with Gasteiger partial charge in [0.2, 0.25) is 0 Å². The highest BCUT2D eigenvalue weighted by Gasteiger charge is 2.31. The van der Waals surface area contributed by atoms with Crippen molar-refractivity contribution in [1.82, 2.24) is 5.32 Å². The first-order valence-electron chi connectivity index (χ1n) is 6.09. The first kappa shape index (κ1) is 14.9. The third kappa shape index (κ3) is 6.16. The molecule has 0 saturated heterocycles. The van der Waals surface area contributed by atoms with E-state index in [1.54, 1.807) is 0 Å². The van der Waals surface area contributed by atoms with Gasteiger partial charge in [0.05, 0.1) is 6.61 Å². The Kier molecular flexibility index (Phi) is 7.20. The number of rotatable bonds is 8. The summed E-state index contributed by atoms with van der Waals surface area (Å²) in [7, 11) is 3.84. The fourth-order valence-electron chi connectivity index (χ4n) is 2.81. The largest absolute Gasteiger partial charge is 0.384 e. The quantitative estimate of drug-likeness (QED) is 0.672. The van der Waals surface area contributed by atoms with Crippen molar-refractivity contribution >= 4 is 0 Å². The van der Waals surface area contributed by atoms with E-state index in [0.29, 0.717) is 5.41 Å². The summed E-state index contributed by atoms with van der Waals surface area (Å²) in [5.41, 5.74) is 0.311. The standard InChI is InChI=1S/C13H29NO/c1-11(2)7-13(9-14-5,10-15-6)8-12(3)4/h11-12,14H,7-10H2,1-6H3. The number of hydrogen-bond donors (Lipinski definition) is 1. The van der Waals surface area contributed by atoms with Gasteiger partial charge in [0.15, 0.2) is 0 Å². The number of nitrogens with one attached hydrogen (secondary N) is 1. The van der Waals surface area contributed by atoms with E-state index in [4.69, 9.17) is 4.74 Å². The molecule has 1 N–H and O–H groups in total. The van der Waals surface area contributed by atoms with Crippen LogP contribution in [0.15, 0.2) is 0 Å². The molecular formula is C13H29NO. The van der Waals surface area contributed by atoms with Gasteiger partial charge in [0.1, 0.15) is 0 Å². The van der Waals surface area contributed by atoms with E-state index >= 15 is 0 Å². The SMILES string of the molecule is CNCC(COC)(CC(C)C)CC(C)C. The fraction of sp³-hybridized carbons (Fsp3) is 1.00. The average molecular weight is 215 g/mol. The lowest BCUT2D eigenvalue weighted by Crippen LogP contribution is -2.39. The van der Waals surface area contributed by atoms with Gasteiger partial charge in [0, 0.05) is 19.1 Å². The minimum atomic E-state index is 0.311. The molecule has 0 aromatic rings. The van der Waals surface area contributed by atoms with Gasteiger partial charge in [-0.15, -0.1) is 0 Å². The van der Waals surface area contributed by atoms with E-state index in [1.807, 2.05) is 14.2 Å². The van der Waals surface area contributed by atoms with Crippen molar-refractivity contribution in [3.63, 3.8) is 0 Å². The van der Waals surface area contributed by atoms with Crippen LogP contribution in [0.5, 0.6) is 0 Å². The molecule has 0 amide bonds. The van der Waals surface area contributed by atoms with Gasteiger partial charge in [-0.3, -0.25) is 0 Å². The maximum atomic E-state index is 5.42. The topological polar surface area (TPSA) is 21.3 Å². The van der Waals surface area contributed by atoms with Gasteiger partial charge in [-0.1, -0.05) is 27.7 Å². The summed E-state index contributed by atoms with van der Waals surface area (Å²) in [6.45, 7) is 11.1. The summed E-state index contributed by atoms with van der Waals surface area (Å²) >= 11 is 0. The van der Waals surface area contributed by atoms with Crippen LogP contribution in [-0.4, -0.2) is 27.3 Å². The lowest BCUT2D eigenvalue weighted by atomic mass is 9.74. The maximum absolute atomic E-state index is 5.42. The molecule has 0 rings (SSSR count). The van der Waals surface area contributed by atoms with E-state index in [0.717, 1.165) is 25.0 Å². The molecule has 15 heavy (non-hydrogen) atoms. The van der Waals surface area contributed by atoms with E-state index in [-0.39, 0.29) is 0 Å². The molecule has 0 spiro atoms. The lowest BCUT2D eigenvalue weighted by Gasteiger charge is -2.36. The van der Waals surface area contributed by atoms with Crippen LogP contribution in [0.25, 0.3) is 0 Å². The number of hydrogen-bond acceptors (Lipinski definition) is 2. The second-order valence-electron chi connectivity index (χ2n) is 5.66. The molecule has 2 nitrogen and oxygen atoms in total. The van der Waals surface area contributed by atoms with Crippen molar-refractivity contribution < 1.29 is 4.74 Å². The van der Waals surface area contributed by atoms with Crippen LogP contribution < -0.4 is 5.32 Å². The van der Waals surface area contributed by atoms with Gasteiger partial charge in [-0.25, -0.2) is 0 Å². The third-order valence-corrected chi connectivity index (χ3v) is 2.68. The van der Waals surface area contributed by atoms with Gasteiger partial charge < -0.3 is 10.1 Å². The first-order valence-corrected chi connectivity index (χ1v) is 6.09. The van der Waals surface area contributed by atoms with Crippen LogP contribution >= 0.6 is 0 Å². The van der Waals surface area contributed by atoms with E-state index in [1.165, 1.54) is 12.8 Å². The molecule has 0 radical (unpaired) electrons. The van der Waals surface area contributed by atoms with Crippen molar-refractivity contribution in [1.29, 1.82) is 0 Å². The van der Waals surface area contributed by atoms with Crippen LogP contribution in [0.4, 0.5) is 0 Å². The Labute approximate surface area is 95.8 Å². The van der Waals surface area contributed by atoms with Gasteiger partial charge >= 0.3 is 0 Å². The van der Waals surface area contributed by atoms with Crippen LogP contribution in [0.2, 0.25) is 0 Å². The molecule has 0 unspecified atom stereocenters. The van der Waals surface area contributed by atoms with Crippen molar-refractivity contribution in [3.05, 3.63) is 0 Å². The fourth-order valence-corrected chi connectivity index (χ4v) is 2.81. The highest BCUT2D eigenvalue weighted by atomic mass is 16.5. The van der Waals surface area contributed by atoms with Crippen molar-refractivity contribution in [3.8, 4) is 0 Å². The number of ether oxygens (including phenoxy) is 1. The first-order chi connectivity index (χ1) is 6.95. The molecule has 0 fully saturated rings. The van der Waals surface area contributed by atoms with Crippen LogP contribution in [-0.2, 0) is 4.74 Å². The summed E-state index contributed by atoms with van der Waals surface area (Å²) in [5.74, 6) is 1.46. The van der Waals surface area contributed by atoms with Crippen LogP contribution in [0.1, 0.15) is 40.5 Å². The highest BCUT2D eigenvalue weighted by Crippen LogP contribution is 2.33. The molecule has 0 aliphatic carbocycles. The molecule has 0 aromatic heterocycles. The van der Waals surface area contributed by atoms with E-state index in [9.17, 15) is 0 Å². The van der Waals surface area contributed by atoms with Gasteiger partial charge in [-0.2, -0.15) is 0 Å². The smallest absolute Gasteiger partial charge is 0.0531 e. The zero-order chi connectivity index (χ0) is 11.9. The van der Waals surface area contributed by atoms with Crippen molar-refractivity contribution in [2.24, 2.45) is 17.3 Å².